The number of benzene rings is 1. The maximum absolute atomic E-state index is 6.47. The molecular weight excluding hydrogens is 312 g/mol. The summed E-state index contributed by atoms with van der Waals surface area (Å²) in [5, 5.41) is 4.22. The van der Waals surface area contributed by atoms with Gasteiger partial charge in [-0.2, -0.15) is 0 Å². The lowest BCUT2D eigenvalue weighted by atomic mass is 9.80. The first-order chi connectivity index (χ1) is 11.0. The first kappa shape index (κ1) is 16.3. The maximum Gasteiger partial charge on any atom is 0.187 e. The minimum Gasteiger partial charge on any atom is -0.493 e. The van der Waals surface area contributed by atoms with Crippen LogP contribution in [0.1, 0.15) is 31.9 Å². The van der Waals surface area contributed by atoms with Crippen LogP contribution in [0.2, 0.25) is 0 Å². The van der Waals surface area contributed by atoms with Crippen molar-refractivity contribution < 1.29 is 14.2 Å². The summed E-state index contributed by atoms with van der Waals surface area (Å²) in [5.74, 6) is 1.82. The van der Waals surface area contributed by atoms with Crippen LogP contribution in [0, 0.1) is 5.92 Å². The average Bonchev–Trinajstić information content (AvgIpc) is 2.53. The minimum atomic E-state index is -0.498. The van der Waals surface area contributed by atoms with Crippen molar-refractivity contribution in [1.29, 1.82) is 0 Å². The summed E-state index contributed by atoms with van der Waals surface area (Å²) in [6.45, 7) is 5.80. The van der Waals surface area contributed by atoms with Crippen molar-refractivity contribution in [2.24, 2.45) is 5.92 Å². The molecule has 0 aliphatic carbocycles. The number of thiocarbonyl (C=S) groups is 1. The molecule has 0 saturated carbocycles. The fourth-order valence-corrected chi connectivity index (χ4v) is 3.93. The summed E-state index contributed by atoms with van der Waals surface area (Å²) in [4.78, 5) is 2.14. The Labute approximate surface area is 142 Å². The quantitative estimate of drug-likeness (QED) is 0.659. The fraction of sp³-hybridized carbons (Fsp3) is 0.588. The summed E-state index contributed by atoms with van der Waals surface area (Å²) in [7, 11) is 3.38. The van der Waals surface area contributed by atoms with Gasteiger partial charge < -0.3 is 24.4 Å². The number of nitrogens with one attached hydrogen (secondary N) is 1. The molecule has 1 fully saturated rings. The van der Waals surface area contributed by atoms with Crippen molar-refractivity contribution in [2.75, 3.05) is 27.4 Å². The Morgan fingerprint density at radius 3 is 2.87 bits per heavy atom. The Morgan fingerprint density at radius 2 is 2.17 bits per heavy atom. The standard InChI is InChI=1S/C17H24N2O3S/c1-11-14-12-7-5-8-13(21-4)15(12)22-17(11,2)19(16(23)18-14)9-6-10-20-3/h5,7-8,11,14H,6,9-10H2,1-4H3,(H,18,23)/t11-,14+,17+/m1/s1. The van der Waals surface area contributed by atoms with Crippen LogP contribution < -0.4 is 14.8 Å². The van der Waals surface area contributed by atoms with Gasteiger partial charge in [-0.15, -0.1) is 0 Å². The molecule has 2 aliphatic heterocycles. The Hall–Kier alpha value is -1.53. The van der Waals surface area contributed by atoms with E-state index in [1.54, 1.807) is 14.2 Å². The van der Waals surface area contributed by atoms with Gasteiger partial charge in [-0.25, -0.2) is 0 Å². The molecule has 0 amide bonds. The van der Waals surface area contributed by atoms with Gasteiger partial charge >= 0.3 is 0 Å². The zero-order chi connectivity index (χ0) is 16.6. The predicted molar refractivity (Wildman–Crippen MR) is 92.9 cm³/mol. The van der Waals surface area contributed by atoms with Gasteiger partial charge in [0.2, 0.25) is 0 Å². The predicted octanol–water partition coefficient (Wildman–Crippen LogP) is 2.71. The maximum atomic E-state index is 6.47. The van der Waals surface area contributed by atoms with Crippen molar-refractivity contribution in [3.05, 3.63) is 23.8 Å². The number of rotatable bonds is 5. The summed E-state index contributed by atoms with van der Waals surface area (Å²) < 4.78 is 17.1. The van der Waals surface area contributed by atoms with E-state index in [-0.39, 0.29) is 12.0 Å². The van der Waals surface area contributed by atoms with Crippen molar-refractivity contribution in [1.82, 2.24) is 10.2 Å². The highest BCUT2D eigenvalue weighted by molar-refractivity contribution is 7.80. The highest BCUT2D eigenvalue weighted by atomic mass is 32.1. The second-order valence-corrected chi connectivity index (χ2v) is 6.64. The van der Waals surface area contributed by atoms with E-state index in [9.17, 15) is 0 Å². The molecule has 1 saturated heterocycles. The topological polar surface area (TPSA) is 43.0 Å². The summed E-state index contributed by atoms with van der Waals surface area (Å²) in [6.07, 6.45) is 0.896. The van der Waals surface area contributed by atoms with Gasteiger partial charge in [0.1, 0.15) is 0 Å². The van der Waals surface area contributed by atoms with Crippen LogP contribution in [0.4, 0.5) is 0 Å². The second-order valence-electron chi connectivity index (χ2n) is 6.25. The molecule has 1 aromatic carbocycles. The molecule has 2 bridgehead atoms. The second kappa shape index (κ2) is 6.17. The summed E-state index contributed by atoms with van der Waals surface area (Å²) in [5.41, 5.74) is 0.607. The third-order valence-corrected chi connectivity index (χ3v) is 5.35. The molecule has 0 aromatic heterocycles. The van der Waals surface area contributed by atoms with E-state index in [0.29, 0.717) is 6.61 Å². The fourth-order valence-electron chi connectivity index (χ4n) is 3.53. The Morgan fingerprint density at radius 1 is 1.39 bits per heavy atom. The minimum absolute atomic E-state index is 0.130. The van der Waals surface area contributed by atoms with Crippen LogP contribution in [-0.4, -0.2) is 43.1 Å². The lowest BCUT2D eigenvalue weighted by molar-refractivity contribution is -0.112. The Balaban J connectivity index is 1.99. The molecule has 0 spiro atoms. The van der Waals surface area contributed by atoms with E-state index in [2.05, 4.69) is 30.1 Å². The van der Waals surface area contributed by atoms with Gasteiger partial charge in [-0.05, 0) is 31.6 Å². The average molecular weight is 336 g/mol. The molecule has 2 heterocycles. The van der Waals surface area contributed by atoms with E-state index in [4.69, 9.17) is 26.4 Å². The molecule has 0 radical (unpaired) electrons. The lowest BCUT2D eigenvalue weighted by Crippen LogP contribution is -2.69. The largest absolute Gasteiger partial charge is 0.493 e. The highest BCUT2D eigenvalue weighted by Crippen LogP contribution is 2.50. The van der Waals surface area contributed by atoms with Crippen LogP contribution in [0.3, 0.4) is 0 Å². The number of fused-ring (bicyclic) bond motifs is 4. The summed E-state index contributed by atoms with van der Waals surface area (Å²) in [6, 6.07) is 6.13. The number of nitrogens with zero attached hydrogens (tertiary/aromatic N) is 1. The molecule has 126 valence electrons. The smallest absolute Gasteiger partial charge is 0.187 e. The first-order valence-electron chi connectivity index (χ1n) is 7.96. The third-order valence-electron chi connectivity index (χ3n) is 5.01. The molecule has 3 atom stereocenters. The van der Waals surface area contributed by atoms with Gasteiger partial charge in [0.05, 0.1) is 13.2 Å². The molecule has 3 rings (SSSR count). The third kappa shape index (κ3) is 2.54. The SMILES string of the molecule is COCCCN1C(=S)N[C@@H]2c3cccc(OC)c3O[C@@]1(C)[C@@H]2C. The molecule has 5 nitrogen and oxygen atoms in total. The van der Waals surface area contributed by atoms with E-state index in [1.165, 1.54) is 0 Å². The molecule has 1 aromatic rings. The van der Waals surface area contributed by atoms with Gasteiger partial charge in [-0.3, -0.25) is 0 Å². The van der Waals surface area contributed by atoms with E-state index in [0.717, 1.165) is 35.1 Å². The number of ether oxygens (including phenoxy) is 3. The number of hydrogen-bond donors (Lipinski definition) is 1. The first-order valence-corrected chi connectivity index (χ1v) is 8.36. The molecule has 6 heteroatoms. The lowest BCUT2D eigenvalue weighted by Gasteiger charge is -2.56. The van der Waals surface area contributed by atoms with Gasteiger partial charge in [0.15, 0.2) is 22.3 Å². The molecule has 2 aliphatic rings. The number of hydrogen-bond acceptors (Lipinski definition) is 4. The summed E-state index contributed by atoms with van der Waals surface area (Å²) >= 11 is 5.61. The van der Waals surface area contributed by atoms with Gasteiger partial charge in [0, 0.05) is 31.7 Å². The van der Waals surface area contributed by atoms with E-state index < -0.39 is 5.72 Å². The monoisotopic (exact) mass is 336 g/mol. The Bertz CT molecular complexity index is 610. The molecule has 23 heavy (non-hydrogen) atoms. The molecular formula is C17H24N2O3S. The van der Waals surface area contributed by atoms with Crippen LogP contribution in [0.5, 0.6) is 11.5 Å². The Kier molecular flexibility index (Phi) is 4.38. The van der Waals surface area contributed by atoms with Crippen molar-refractivity contribution in [2.45, 2.75) is 32.0 Å². The normalized spacial score (nSPS) is 28.7. The highest BCUT2D eigenvalue weighted by Gasteiger charge is 2.53. The van der Waals surface area contributed by atoms with Crippen molar-refractivity contribution in [3.8, 4) is 11.5 Å². The number of para-hydroxylation sites is 1. The van der Waals surface area contributed by atoms with Crippen LogP contribution in [-0.2, 0) is 4.74 Å². The van der Waals surface area contributed by atoms with Crippen molar-refractivity contribution >= 4 is 17.3 Å². The van der Waals surface area contributed by atoms with Crippen molar-refractivity contribution in [3.63, 3.8) is 0 Å². The zero-order valence-electron chi connectivity index (χ0n) is 14.1. The number of methoxy groups -OCH3 is 2. The van der Waals surface area contributed by atoms with Gasteiger partial charge in [-0.1, -0.05) is 19.1 Å². The van der Waals surface area contributed by atoms with Gasteiger partial charge in [0.25, 0.3) is 0 Å². The van der Waals surface area contributed by atoms with Crippen LogP contribution in [0.15, 0.2) is 18.2 Å². The van der Waals surface area contributed by atoms with E-state index >= 15 is 0 Å². The molecule has 1 N–H and O–H groups in total. The van der Waals surface area contributed by atoms with Crippen LogP contribution >= 0.6 is 12.2 Å². The van der Waals surface area contributed by atoms with Crippen LogP contribution in [0.25, 0.3) is 0 Å². The molecule has 0 unspecified atom stereocenters. The zero-order valence-corrected chi connectivity index (χ0v) is 14.9. The van der Waals surface area contributed by atoms with E-state index in [1.807, 2.05) is 12.1 Å².